The van der Waals surface area contributed by atoms with Crippen molar-refractivity contribution in [2.24, 2.45) is 0 Å². The third kappa shape index (κ3) is 3.24. The number of carbonyl (C=O) groups is 1. The van der Waals surface area contributed by atoms with Crippen molar-refractivity contribution in [1.82, 2.24) is 5.09 Å². The van der Waals surface area contributed by atoms with Gasteiger partial charge in [-0.05, 0) is 24.3 Å². The van der Waals surface area contributed by atoms with Crippen LogP contribution in [0.3, 0.4) is 0 Å². The van der Waals surface area contributed by atoms with Crippen molar-refractivity contribution in [2.45, 2.75) is 44.6 Å². The molecule has 0 saturated heterocycles. The molecular formula is C10H19NO4P+. The van der Waals surface area contributed by atoms with Gasteiger partial charge in [-0.1, -0.05) is 24.3 Å². The van der Waals surface area contributed by atoms with E-state index in [1.807, 2.05) is 0 Å². The summed E-state index contributed by atoms with van der Waals surface area (Å²) in [6, 6.07) is 0. The molecule has 1 N–H and O–H groups in total. The Morgan fingerprint density at radius 1 is 1.38 bits per heavy atom. The molecular weight excluding hydrogens is 229 g/mol. The maximum Gasteiger partial charge on any atom is 0.614 e. The van der Waals surface area contributed by atoms with Crippen molar-refractivity contribution in [3.63, 3.8) is 0 Å². The summed E-state index contributed by atoms with van der Waals surface area (Å²) in [4.78, 5) is 11.8. The maximum atomic E-state index is 11.8. The summed E-state index contributed by atoms with van der Waals surface area (Å²) in [5.74, 6) is -0.338. The standard InChI is InChI=1S/C10H19NO4P/c1-3-15-16(13)11-10(9(12)14-2)7-5-4-6-8-10/h3-8H2,1-2H3,(H,11,13)/q+1. The van der Waals surface area contributed by atoms with Crippen molar-refractivity contribution >= 4 is 14.1 Å². The number of rotatable bonds is 5. The van der Waals surface area contributed by atoms with Crippen molar-refractivity contribution in [1.29, 1.82) is 0 Å². The summed E-state index contributed by atoms with van der Waals surface area (Å²) >= 11 is 0. The Kier molecular flexibility index (Phi) is 5.32. The number of esters is 1. The molecule has 0 heterocycles. The second-order valence-electron chi connectivity index (χ2n) is 3.92. The van der Waals surface area contributed by atoms with Gasteiger partial charge < -0.3 is 4.74 Å². The van der Waals surface area contributed by atoms with Crippen molar-refractivity contribution in [3.8, 4) is 0 Å². The Morgan fingerprint density at radius 3 is 2.50 bits per heavy atom. The minimum atomic E-state index is -1.99. The first-order chi connectivity index (χ1) is 7.64. The molecule has 0 spiro atoms. The lowest BCUT2D eigenvalue weighted by Gasteiger charge is -2.30. The summed E-state index contributed by atoms with van der Waals surface area (Å²) in [7, 11) is -0.636. The Balaban J connectivity index is 2.70. The molecule has 6 heteroatoms. The number of nitrogens with one attached hydrogen (secondary N) is 1. The Morgan fingerprint density at radius 2 is 2.00 bits per heavy atom. The van der Waals surface area contributed by atoms with Gasteiger partial charge in [-0.3, -0.25) is 0 Å². The molecule has 0 aromatic heterocycles. The summed E-state index contributed by atoms with van der Waals surface area (Å²) in [6.07, 6.45) is 4.31. The first-order valence-corrected chi connectivity index (χ1v) is 6.79. The van der Waals surface area contributed by atoms with Crippen LogP contribution in [-0.2, 0) is 18.6 Å². The van der Waals surface area contributed by atoms with Crippen LogP contribution >= 0.6 is 8.18 Å². The Bertz CT molecular complexity index is 264. The molecule has 16 heavy (non-hydrogen) atoms. The van der Waals surface area contributed by atoms with Crippen molar-refractivity contribution < 1.29 is 18.6 Å². The SMILES string of the molecule is CCO[P+](=O)NC1(C(=O)OC)CCCCC1. The molecule has 0 aliphatic heterocycles. The molecule has 1 fully saturated rings. The van der Waals surface area contributed by atoms with Crippen LogP contribution in [0, 0.1) is 0 Å². The molecule has 1 rings (SSSR count). The molecule has 5 nitrogen and oxygen atoms in total. The molecule has 0 aromatic rings. The second-order valence-corrected chi connectivity index (χ2v) is 4.92. The molecule has 92 valence electrons. The quantitative estimate of drug-likeness (QED) is 0.596. The smallest absolute Gasteiger partial charge is 0.468 e. The molecule has 1 aliphatic carbocycles. The molecule has 1 unspecified atom stereocenters. The molecule has 1 atom stereocenters. The van der Waals surface area contributed by atoms with Gasteiger partial charge in [0.25, 0.3) is 0 Å². The summed E-state index contributed by atoms with van der Waals surface area (Å²) in [6.45, 7) is 2.13. The van der Waals surface area contributed by atoms with Gasteiger partial charge in [-0.25, -0.2) is 4.79 Å². The van der Waals surface area contributed by atoms with E-state index in [1.165, 1.54) is 7.11 Å². The zero-order valence-corrected chi connectivity index (χ0v) is 10.7. The van der Waals surface area contributed by atoms with E-state index < -0.39 is 13.7 Å². The van der Waals surface area contributed by atoms with Crippen LogP contribution in [0.25, 0.3) is 0 Å². The number of methoxy groups -OCH3 is 1. The first-order valence-electron chi connectivity index (χ1n) is 5.61. The van der Waals surface area contributed by atoms with Crippen molar-refractivity contribution in [2.75, 3.05) is 13.7 Å². The topological polar surface area (TPSA) is 64.6 Å². The third-order valence-corrected chi connectivity index (χ3v) is 3.94. The highest BCUT2D eigenvalue weighted by molar-refractivity contribution is 7.36. The van der Waals surface area contributed by atoms with Crippen LogP contribution in [0.2, 0.25) is 0 Å². The normalized spacial score (nSPS) is 20.2. The molecule has 1 aliphatic rings. The van der Waals surface area contributed by atoms with Gasteiger partial charge in [0.15, 0.2) is 5.54 Å². The predicted octanol–water partition coefficient (Wildman–Crippen LogP) is 2.15. The van der Waals surface area contributed by atoms with E-state index in [2.05, 4.69) is 5.09 Å². The van der Waals surface area contributed by atoms with Crippen LogP contribution in [0.4, 0.5) is 0 Å². The molecule has 0 bridgehead atoms. The van der Waals surface area contributed by atoms with Gasteiger partial charge in [0.05, 0.1) is 7.11 Å². The summed E-state index contributed by atoms with van der Waals surface area (Å²) in [5.41, 5.74) is -0.810. The third-order valence-electron chi connectivity index (χ3n) is 2.83. The van der Waals surface area contributed by atoms with Crippen LogP contribution in [-0.4, -0.2) is 25.2 Å². The van der Waals surface area contributed by atoms with Gasteiger partial charge in [0, 0.05) is 0 Å². The lowest BCUT2D eigenvalue weighted by atomic mass is 9.83. The number of hydrogen-bond acceptors (Lipinski definition) is 4. The van der Waals surface area contributed by atoms with E-state index in [0.29, 0.717) is 19.4 Å². The van der Waals surface area contributed by atoms with Crippen LogP contribution in [0.1, 0.15) is 39.0 Å². The van der Waals surface area contributed by atoms with E-state index in [1.54, 1.807) is 6.92 Å². The number of ether oxygens (including phenoxy) is 1. The van der Waals surface area contributed by atoms with Gasteiger partial charge >= 0.3 is 14.1 Å². The average Bonchev–Trinajstić information content (AvgIpc) is 2.29. The van der Waals surface area contributed by atoms with E-state index in [-0.39, 0.29) is 5.97 Å². The fourth-order valence-electron chi connectivity index (χ4n) is 2.04. The highest BCUT2D eigenvalue weighted by atomic mass is 31.1. The molecule has 1 saturated carbocycles. The van der Waals surface area contributed by atoms with Gasteiger partial charge in [0.2, 0.25) is 0 Å². The van der Waals surface area contributed by atoms with Gasteiger partial charge in [0.1, 0.15) is 6.61 Å². The maximum absolute atomic E-state index is 11.8. The number of carbonyl (C=O) groups excluding carboxylic acids is 1. The molecule has 0 radical (unpaired) electrons. The van der Waals surface area contributed by atoms with E-state index in [9.17, 15) is 9.36 Å². The fraction of sp³-hybridized carbons (Fsp3) is 0.900. The number of hydrogen-bond donors (Lipinski definition) is 1. The zero-order valence-electron chi connectivity index (χ0n) is 9.82. The lowest BCUT2D eigenvalue weighted by Crippen LogP contribution is -2.51. The monoisotopic (exact) mass is 248 g/mol. The van der Waals surface area contributed by atoms with Crippen LogP contribution < -0.4 is 5.09 Å². The van der Waals surface area contributed by atoms with Gasteiger partial charge in [-0.2, -0.15) is 0 Å². The van der Waals surface area contributed by atoms with Gasteiger partial charge in [-0.15, -0.1) is 4.52 Å². The minimum absolute atomic E-state index is 0.338. The van der Waals surface area contributed by atoms with E-state index >= 15 is 0 Å². The second kappa shape index (κ2) is 6.28. The predicted molar refractivity (Wildman–Crippen MR) is 60.2 cm³/mol. The fourth-order valence-corrected chi connectivity index (χ4v) is 3.00. The van der Waals surface area contributed by atoms with Crippen LogP contribution in [0.15, 0.2) is 0 Å². The average molecular weight is 248 g/mol. The Labute approximate surface area is 96.8 Å². The van der Waals surface area contributed by atoms with Crippen LogP contribution in [0.5, 0.6) is 0 Å². The van der Waals surface area contributed by atoms with Crippen molar-refractivity contribution in [3.05, 3.63) is 0 Å². The first kappa shape index (κ1) is 13.6. The minimum Gasteiger partial charge on any atom is -0.468 e. The molecule has 0 aromatic carbocycles. The van der Waals surface area contributed by atoms with E-state index in [4.69, 9.17) is 9.26 Å². The molecule has 0 amide bonds. The largest absolute Gasteiger partial charge is 0.614 e. The highest BCUT2D eigenvalue weighted by Gasteiger charge is 2.47. The van der Waals surface area contributed by atoms with E-state index in [0.717, 1.165) is 19.3 Å². The highest BCUT2D eigenvalue weighted by Crippen LogP contribution is 2.34. The summed E-state index contributed by atoms with van der Waals surface area (Å²) < 4.78 is 21.3. The lowest BCUT2D eigenvalue weighted by molar-refractivity contribution is -0.149. The summed E-state index contributed by atoms with van der Waals surface area (Å²) in [5, 5.41) is 2.80. The Hall–Kier alpha value is -0.510. The zero-order chi connectivity index (χ0) is 12.0.